The molecule has 0 heterocycles. The molecule has 2 rings (SSSR count). The van der Waals surface area contributed by atoms with Gasteiger partial charge < -0.3 is 5.32 Å². The molecule has 1 unspecified atom stereocenters. The van der Waals surface area contributed by atoms with Crippen LogP contribution in [0.2, 0.25) is 0 Å². The second-order valence-corrected chi connectivity index (χ2v) is 8.87. The number of benzene rings is 2. The van der Waals surface area contributed by atoms with Crippen LogP contribution < -0.4 is 9.62 Å². The van der Waals surface area contributed by atoms with Crippen molar-refractivity contribution in [2.45, 2.75) is 26.3 Å². The maximum Gasteiger partial charge on any atom is 0.241 e. The van der Waals surface area contributed by atoms with Crippen LogP contribution in [-0.4, -0.2) is 27.1 Å². The lowest BCUT2D eigenvalue weighted by atomic mass is 10.1. The van der Waals surface area contributed by atoms with Gasteiger partial charge in [0.15, 0.2) is 0 Å². The van der Waals surface area contributed by atoms with E-state index in [9.17, 15) is 13.2 Å². The summed E-state index contributed by atoms with van der Waals surface area (Å²) in [6.07, 6.45) is 2.04. The zero-order valence-electron chi connectivity index (χ0n) is 15.1. The molecule has 0 bridgehead atoms. The van der Waals surface area contributed by atoms with Crippen molar-refractivity contribution in [2.75, 3.05) is 17.1 Å². The Kier molecular flexibility index (Phi) is 6.83. The molecular formula is C19H23BrN2O3S. The average molecular weight is 439 g/mol. The normalized spacial score (nSPS) is 12.5. The number of hydrogen-bond donors (Lipinski definition) is 1. The Balaban J connectivity index is 2.13. The van der Waals surface area contributed by atoms with Gasteiger partial charge in [0.1, 0.15) is 6.54 Å². The third-order valence-electron chi connectivity index (χ3n) is 4.07. The molecule has 0 saturated carbocycles. The number of carbonyl (C=O) groups excluding carboxylic acids is 1. The molecule has 0 radical (unpaired) electrons. The number of para-hydroxylation sites is 1. The first kappa shape index (κ1) is 20.5. The maximum absolute atomic E-state index is 12.5. The van der Waals surface area contributed by atoms with Gasteiger partial charge in [-0.05, 0) is 52.5 Å². The summed E-state index contributed by atoms with van der Waals surface area (Å²) in [5.41, 5.74) is 2.64. The number of carbonyl (C=O) groups is 1. The zero-order chi connectivity index (χ0) is 19.3. The van der Waals surface area contributed by atoms with E-state index in [1.807, 2.05) is 31.2 Å². The number of anilines is 1. The lowest BCUT2D eigenvalue weighted by Crippen LogP contribution is -2.41. The Morgan fingerprint density at radius 2 is 1.77 bits per heavy atom. The van der Waals surface area contributed by atoms with E-state index in [0.29, 0.717) is 10.2 Å². The van der Waals surface area contributed by atoms with Crippen LogP contribution in [0.15, 0.2) is 53.0 Å². The van der Waals surface area contributed by atoms with Crippen molar-refractivity contribution in [3.63, 3.8) is 0 Å². The van der Waals surface area contributed by atoms with Crippen molar-refractivity contribution in [3.05, 3.63) is 64.1 Å². The highest BCUT2D eigenvalue weighted by Crippen LogP contribution is 2.27. The minimum absolute atomic E-state index is 0.214. The third-order valence-corrected chi connectivity index (χ3v) is 5.87. The fraction of sp³-hybridized carbons (Fsp3) is 0.316. The van der Waals surface area contributed by atoms with E-state index in [1.165, 1.54) is 5.56 Å². The van der Waals surface area contributed by atoms with Crippen LogP contribution in [0, 0.1) is 0 Å². The molecule has 0 aromatic heterocycles. The summed E-state index contributed by atoms with van der Waals surface area (Å²) in [7, 11) is -3.60. The predicted molar refractivity (Wildman–Crippen MR) is 109 cm³/mol. The fourth-order valence-electron chi connectivity index (χ4n) is 2.58. The van der Waals surface area contributed by atoms with Gasteiger partial charge in [-0.15, -0.1) is 0 Å². The molecule has 0 saturated heterocycles. The lowest BCUT2D eigenvalue weighted by Gasteiger charge is -2.24. The number of nitrogens with one attached hydrogen (secondary N) is 1. The molecule has 0 aliphatic carbocycles. The summed E-state index contributed by atoms with van der Waals surface area (Å²) < 4.78 is 26.1. The van der Waals surface area contributed by atoms with Crippen LogP contribution in [0.4, 0.5) is 5.69 Å². The fourth-order valence-corrected chi connectivity index (χ4v) is 4.06. The third kappa shape index (κ3) is 5.32. The van der Waals surface area contributed by atoms with Crippen molar-refractivity contribution in [2.24, 2.45) is 0 Å². The van der Waals surface area contributed by atoms with E-state index < -0.39 is 10.0 Å². The molecular weight excluding hydrogens is 416 g/mol. The molecule has 1 atom stereocenters. The largest absolute Gasteiger partial charge is 0.348 e. The molecule has 140 valence electrons. The van der Waals surface area contributed by atoms with Crippen LogP contribution >= 0.6 is 15.9 Å². The number of halogens is 1. The zero-order valence-corrected chi connectivity index (χ0v) is 17.5. The maximum atomic E-state index is 12.5. The van der Waals surface area contributed by atoms with Crippen molar-refractivity contribution >= 4 is 37.5 Å². The van der Waals surface area contributed by atoms with Gasteiger partial charge in [0.2, 0.25) is 15.9 Å². The highest BCUT2D eigenvalue weighted by Gasteiger charge is 2.23. The molecule has 1 amide bonds. The topological polar surface area (TPSA) is 66.5 Å². The molecule has 0 aliphatic rings. The van der Waals surface area contributed by atoms with Crippen molar-refractivity contribution in [1.29, 1.82) is 0 Å². The summed E-state index contributed by atoms with van der Waals surface area (Å²) in [6, 6.07) is 14.7. The quantitative estimate of drug-likeness (QED) is 0.716. The molecule has 26 heavy (non-hydrogen) atoms. The Bertz CT molecular complexity index is 867. The van der Waals surface area contributed by atoms with E-state index in [-0.39, 0.29) is 18.5 Å². The van der Waals surface area contributed by atoms with Gasteiger partial charge in [-0.25, -0.2) is 8.42 Å². The summed E-state index contributed by atoms with van der Waals surface area (Å²) in [4.78, 5) is 12.5. The highest BCUT2D eigenvalue weighted by molar-refractivity contribution is 9.10. The second-order valence-electron chi connectivity index (χ2n) is 6.11. The summed E-state index contributed by atoms with van der Waals surface area (Å²) >= 11 is 3.34. The first-order chi connectivity index (χ1) is 12.2. The van der Waals surface area contributed by atoms with Gasteiger partial charge in [0.25, 0.3) is 0 Å². The summed E-state index contributed by atoms with van der Waals surface area (Å²) in [5.74, 6) is -0.363. The van der Waals surface area contributed by atoms with E-state index in [2.05, 4.69) is 28.2 Å². The molecule has 0 spiro atoms. The van der Waals surface area contributed by atoms with Gasteiger partial charge in [-0.3, -0.25) is 9.10 Å². The minimum atomic E-state index is -3.60. The van der Waals surface area contributed by atoms with Crippen molar-refractivity contribution in [3.8, 4) is 0 Å². The summed E-state index contributed by atoms with van der Waals surface area (Å²) in [6.45, 7) is 3.68. The van der Waals surface area contributed by atoms with E-state index in [4.69, 9.17) is 0 Å². The first-order valence-electron chi connectivity index (χ1n) is 8.32. The Morgan fingerprint density at radius 1 is 1.15 bits per heavy atom. The number of hydrogen-bond acceptors (Lipinski definition) is 3. The standard InChI is InChI=1S/C19H23BrN2O3S/c1-4-15-9-11-16(12-10-15)14(2)21-19(23)13-22(26(3,24)25)18-8-6-5-7-17(18)20/h5-12,14H,4,13H2,1-3H3,(H,21,23). The number of nitrogens with zero attached hydrogens (tertiary/aromatic N) is 1. The lowest BCUT2D eigenvalue weighted by molar-refractivity contribution is -0.120. The Labute approximate surface area is 163 Å². The monoisotopic (exact) mass is 438 g/mol. The van der Waals surface area contributed by atoms with E-state index >= 15 is 0 Å². The second kappa shape index (κ2) is 8.68. The Morgan fingerprint density at radius 3 is 2.31 bits per heavy atom. The van der Waals surface area contributed by atoms with Crippen molar-refractivity contribution < 1.29 is 13.2 Å². The first-order valence-corrected chi connectivity index (χ1v) is 11.0. The number of rotatable bonds is 7. The van der Waals surface area contributed by atoms with Crippen LogP contribution in [0.5, 0.6) is 0 Å². The van der Waals surface area contributed by atoms with Gasteiger partial charge in [-0.1, -0.05) is 43.3 Å². The average Bonchev–Trinajstić information content (AvgIpc) is 2.59. The number of aryl methyl sites for hydroxylation is 1. The molecule has 7 heteroatoms. The van der Waals surface area contributed by atoms with E-state index in [1.54, 1.807) is 24.3 Å². The number of sulfonamides is 1. The molecule has 0 fully saturated rings. The predicted octanol–water partition coefficient (Wildman–Crippen LogP) is 3.65. The van der Waals surface area contributed by atoms with Crippen LogP contribution in [0.1, 0.15) is 31.0 Å². The molecule has 1 N–H and O–H groups in total. The van der Waals surface area contributed by atoms with Crippen molar-refractivity contribution in [1.82, 2.24) is 5.32 Å². The SMILES string of the molecule is CCc1ccc(C(C)NC(=O)CN(c2ccccc2Br)S(C)(=O)=O)cc1. The van der Waals surface area contributed by atoms with Crippen LogP contribution in [0.25, 0.3) is 0 Å². The highest BCUT2D eigenvalue weighted by atomic mass is 79.9. The van der Waals surface area contributed by atoms with Crippen LogP contribution in [0.3, 0.4) is 0 Å². The molecule has 2 aromatic carbocycles. The molecule has 0 aliphatic heterocycles. The smallest absolute Gasteiger partial charge is 0.241 e. The van der Waals surface area contributed by atoms with Gasteiger partial charge in [-0.2, -0.15) is 0 Å². The number of amides is 1. The Hall–Kier alpha value is -1.86. The molecule has 2 aromatic rings. The minimum Gasteiger partial charge on any atom is -0.348 e. The van der Waals surface area contributed by atoms with Gasteiger partial charge in [0, 0.05) is 4.47 Å². The van der Waals surface area contributed by atoms with Gasteiger partial charge in [0.05, 0.1) is 18.0 Å². The van der Waals surface area contributed by atoms with Gasteiger partial charge >= 0.3 is 0 Å². The molecule has 5 nitrogen and oxygen atoms in total. The van der Waals surface area contributed by atoms with Crippen LogP contribution in [-0.2, 0) is 21.2 Å². The van der Waals surface area contributed by atoms with E-state index in [0.717, 1.165) is 22.5 Å². The summed E-state index contributed by atoms with van der Waals surface area (Å²) in [5, 5.41) is 2.87.